The lowest BCUT2D eigenvalue weighted by molar-refractivity contribution is 0.0993. The van der Waals surface area contributed by atoms with Gasteiger partial charge in [0.1, 0.15) is 6.61 Å². The molecule has 1 fully saturated rings. The minimum atomic E-state index is -0.558. The van der Waals surface area contributed by atoms with Gasteiger partial charge in [0.2, 0.25) is 0 Å². The smallest absolute Gasteiger partial charge is 0.411 e. The van der Waals surface area contributed by atoms with Crippen molar-refractivity contribution in [1.82, 2.24) is 0 Å². The fourth-order valence-electron chi connectivity index (χ4n) is 3.96. The Morgan fingerprint density at radius 2 is 1.75 bits per heavy atom. The maximum Gasteiger partial charge on any atom is 0.411 e. The van der Waals surface area contributed by atoms with E-state index in [0.717, 1.165) is 24.0 Å². The number of nitrogens with one attached hydrogen (secondary N) is 1. The average molecular weight is 429 g/mol. The third kappa shape index (κ3) is 5.24. The van der Waals surface area contributed by atoms with E-state index in [2.05, 4.69) is 24.4 Å². The normalized spacial score (nSPS) is 19.2. The molecule has 0 radical (unpaired) electrons. The maximum atomic E-state index is 12.8. The predicted molar refractivity (Wildman–Crippen MR) is 126 cm³/mol. The van der Waals surface area contributed by atoms with Crippen LogP contribution in [0.15, 0.2) is 78.9 Å². The highest BCUT2D eigenvalue weighted by molar-refractivity contribution is 5.99. The lowest BCUT2D eigenvalue weighted by Gasteiger charge is -2.10. The summed E-state index contributed by atoms with van der Waals surface area (Å²) in [5.41, 5.74) is 10.4. The Balaban J connectivity index is 1.32. The topological polar surface area (TPSA) is 81.4 Å². The first kappa shape index (κ1) is 21.8. The molecule has 0 saturated heterocycles. The van der Waals surface area contributed by atoms with E-state index in [9.17, 15) is 9.59 Å². The summed E-state index contributed by atoms with van der Waals surface area (Å²) < 4.78 is 5.24. The second-order valence-electron chi connectivity index (χ2n) is 8.45. The second-order valence-corrected chi connectivity index (χ2v) is 8.45. The number of hydrogen-bond donors (Lipinski definition) is 2. The first-order chi connectivity index (χ1) is 15.5. The van der Waals surface area contributed by atoms with Crippen molar-refractivity contribution in [3.63, 3.8) is 0 Å². The van der Waals surface area contributed by atoms with E-state index in [1.165, 1.54) is 5.56 Å². The molecule has 0 bridgehead atoms. The van der Waals surface area contributed by atoms with Gasteiger partial charge in [0, 0.05) is 29.1 Å². The molecule has 1 saturated carbocycles. The van der Waals surface area contributed by atoms with Crippen LogP contribution in [0.1, 0.15) is 52.7 Å². The van der Waals surface area contributed by atoms with E-state index in [-0.39, 0.29) is 17.9 Å². The van der Waals surface area contributed by atoms with E-state index in [0.29, 0.717) is 23.6 Å². The maximum absolute atomic E-state index is 12.8. The van der Waals surface area contributed by atoms with Gasteiger partial charge in [-0.15, -0.1) is 0 Å². The molecule has 2 atom stereocenters. The van der Waals surface area contributed by atoms with Gasteiger partial charge < -0.3 is 10.5 Å². The molecule has 4 rings (SSSR count). The number of hydrogen-bond acceptors (Lipinski definition) is 4. The minimum Gasteiger partial charge on any atom is -0.444 e. The van der Waals surface area contributed by atoms with E-state index >= 15 is 0 Å². The molecule has 0 aliphatic heterocycles. The van der Waals surface area contributed by atoms with Crippen LogP contribution in [0, 0.1) is 0 Å². The first-order valence-electron chi connectivity index (χ1n) is 11.0. The summed E-state index contributed by atoms with van der Waals surface area (Å²) in [5, 5.41) is 2.69. The number of Topliss-reactive ketones (excluding diaryl/α,β-unsaturated/α-hetero) is 1. The summed E-state index contributed by atoms with van der Waals surface area (Å²) >= 11 is 0. The molecular formula is C27H28N2O3. The van der Waals surface area contributed by atoms with Gasteiger partial charge in [-0.05, 0) is 41.7 Å². The van der Waals surface area contributed by atoms with Gasteiger partial charge in [0.25, 0.3) is 0 Å². The summed E-state index contributed by atoms with van der Waals surface area (Å²) in [5.74, 6) is 0.411. The number of anilines is 1. The monoisotopic (exact) mass is 428 g/mol. The lowest BCUT2D eigenvalue weighted by atomic mass is 9.99. The third-order valence-electron chi connectivity index (χ3n) is 6.17. The zero-order valence-electron chi connectivity index (χ0n) is 18.2. The molecule has 5 nitrogen and oxygen atoms in total. The minimum absolute atomic E-state index is 0.00722. The van der Waals surface area contributed by atoms with Crippen LogP contribution in [-0.2, 0) is 17.8 Å². The molecular weight excluding hydrogens is 400 g/mol. The molecule has 3 aromatic carbocycles. The fraction of sp³-hybridized carbons (Fsp3) is 0.259. The first-order valence-corrected chi connectivity index (χ1v) is 11.0. The molecule has 1 amide bonds. The molecule has 1 aliphatic carbocycles. The van der Waals surface area contributed by atoms with Crippen molar-refractivity contribution in [2.24, 2.45) is 5.73 Å². The highest BCUT2D eigenvalue weighted by atomic mass is 16.5. The predicted octanol–water partition coefficient (Wildman–Crippen LogP) is 5.46. The van der Waals surface area contributed by atoms with E-state index in [4.69, 9.17) is 10.5 Å². The Kier molecular flexibility index (Phi) is 6.37. The molecule has 5 heteroatoms. The van der Waals surface area contributed by atoms with Crippen molar-refractivity contribution in [2.75, 3.05) is 5.32 Å². The number of benzene rings is 3. The third-order valence-corrected chi connectivity index (χ3v) is 6.17. The van der Waals surface area contributed by atoms with Gasteiger partial charge in [0.05, 0.1) is 0 Å². The van der Waals surface area contributed by atoms with Crippen molar-refractivity contribution in [2.45, 2.75) is 44.2 Å². The average Bonchev–Trinajstić information content (AvgIpc) is 3.51. The second kappa shape index (κ2) is 9.37. The molecule has 1 aliphatic rings. The van der Waals surface area contributed by atoms with Crippen LogP contribution in [0.5, 0.6) is 0 Å². The van der Waals surface area contributed by atoms with Crippen LogP contribution in [0.25, 0.3) is 0 Å². The van der Waals surface area contributed by atoms with Gasteiger partial charge in [-0.2, -0.15) is 0 Å². The van der Waals surface area contributed by atoms with E-state index < -0.39 is 6.09 Å². The van der Waals surface area contributed by atoms with Crippen molar-refractivity contribution in [1.29, 1.82) is 0 Å². The Morgan fingerprint density at radius 3 is 2.44 bits per heavy atom. The number of rotatable bonds is 8. The number of ketones is 1. The van der Waals surface area contributed by atoms with Gasteiger partial charge in [-0.3, -0.25) is 10.1 Å². The van der Waals surface area contributed by atoms with Crippen LogP contribution in [-0.4, -0.2) is 17.4 Å². The van der Waals surface area contributed by atoms with E-state index in [1.807, 2.05) is 42.5 Å². The van der Waals surface area contributed by atoms with E-state index in [1.54, 1.807) is 24.3 Å². The Labute approximate surface area is 188 Å². The van der Waals surface area contributed by atoms with Gasteiger partial charge in [-0.25, -0.2) is 4.79 Å². The highest BCUT2D eigenvalue weighted by Gasteiger charge is 2.49. The molecule has 0 heterocycles. The van der Waals surface area contributed by atoms with Crippen molar-refractivity contribution in [3.05, 3.63) is 101 Å². The summed E-state index contributed by atoms with van der Waals surface area (Å²) in [6, 6.07) is 24.6. The van der Waals surface area contributed by atoms with Crippen LogP contribution < -0.4 is 11.1 Å². The largest absolute Gasteiger partial charge is 0.444 e. The van der Waals surface area contributed by atoms with Crippen LogP contribution in [0.4, 0.5) is 10.5 Å². The standard InChI is InChI=1S/C27H28N2O3/c1-2-27(28)17-24(27)21-13-11-19(12-14-21)15-25(30)22-9-6-10-23(16-22)29-26(31)32-18-20-7-4-3-5-8-20/h3-14,16,24H,2,15,17-18,28H2,1H3,(H,29,31)/t24-,27+/m0/s1. The molecule has 32 heavy (non-hydrogen) atoms. The number of carbonyl (C=O) groups is 2. The number of nitrogens with two attached hydrogens (primary N) is 1. The van der Waals surface area contributed by atoms with Gasteiger partial charge in [-0.1, -0.05) is 73.7 Å². The Morgan fingerprint density at radius 1 is 1.00 bits per heavy atom. The quantitative estimate of drug-likeness (QED) is 0.467. The molecule has 0 unspecified atom stereocenters. The summed E-state index contributed by atoms with van der Waals surface area (Å²) in [7, 11) is 0. The highest BCUT2D eigenvalue weighted by Crippen LogP contribution is 2.51. The molecule has 164 valence electrons. The van der Waals surface area contributed by atoms with Crippen LogP contribution in [0.2, 0.25) is 0 Å². The van der Waals surface area contributed by atoms with Crippen LogP contribution in [0.3, 0.4) is 0 Å². The summed E-state index contributed by atoms with van der Waals surface area (Å²) in [6.45, 7) is 2.31. The number of ether oxygens (including phenoxy) is 1. The van der Waals surface area contributed by atoms with Crippen LogP contribution >= 0.6 is 0 Å². The molecule has 0 aromatic heterocycles. The lowest BCUT2D eigenvalue weighted by Crippen LogP contribution is -2.22. The van der Waals surface area contributed by atoms with Gasteiger partial charge >= 0.3 is 6.09 Å². The van der Waals surface area contributed by atoms with Crippen molar-refractivity contribution >= 4 is 17.6 Å². The molecule has 3 aromatic rings. The number of amides is 1. The zero-order chi connectivity index (χ0) is 22.6. The Bertz CT molecular complexity index is 1100. The van der Waals surface area contributed by atoms with Crippen molar-refractivity contribution < 1.29 is 14.3 Å². The SMILES string of the molecule is CC[C@@]1(N)C[C@H]1c1ccc(CC(=O)c2cccc(NC(=O)OCc3ccccc3)c2)cc1. The zero-order valence-corrected chi connectivity index (χ0v) is 18.2. The van der Waals surface area contributed by atoms with Crippen molar-refractivity contribution in [3.8, 4) is 0 Å². The molecule has 0 spiro atoms. The molecule has 3 N–H and O–H groups in total. The van der Waals surface area contributed by atoms with Gasteiger partial charge in [0.15, 0.2) is 5.78 Å². The fourth-order valence-corrected chi connectivity index (χ4v) is 3.96. The summed E-state index contributed by atoms with van der Waals surface area (Å²) in [6.07, 6.45) is 1.74. The summed E-state index contributed by atoms with van der Waals surface area (Å²) in [4.78, 5) is 24.9. The number of carbonyl (C=O) groups excluding carboxylic acids is 2. The Hall–Kier alpha value is -3.44.